The van der Waals surface area contributed by atoms with Gasteiger partial charge in [0.25, 0.3) is 0 Å². The van der Waals surface area contributed by atoms with Crippen LogP contribution < -0.4 is 26.5 Å². The standard InChI is InChI=1S/C8H17INO/c1-6(2)5-7(10-4)8(11)9-3/h6-7,10H,5H2,1-4H3/q-1/t7-/m0/s1. The fourth-order valence-electron chi connectivity index (χ4n) is 0.927. The van der Waals surface area contributed by atoms with Crippen molar-refractivity contribution in [2.24, 2.45) is 5.92 Å². The summed E-state index contributed by atoms with van der Waals surface area (Å²) in [6.45, 7) is 4.29. The molecule has 1 atom stereocenters. The van der Waals surface area contributed by atoms with Gasteiger partial charge in [0.05, 0.1) is 0 Å². The summed E-state index contributed by atoms with van der Waals surface area (Å²) < 4.78 is 0.431. The summed E-state index contributed by atoms with van der Waals surface area (Å²) in [5.41, 5.74) is 0. The molecule has 2 nitrogen and oxygen atoms in total. The first-order valence-electron chi connectivity index (χ1n) is 3.82. The van der Waals surface area contributed by atoms with Crippen LogP contribution in [0.2, 0.25) is 0 Å². The first-order chi connectivity index (χ1) is 5.11. The van der Waals surface area contributed by atoms with E-state index < -0.39 is 0 Å². The molecule has 0 aliphatic rings. The Morgan fingerprint density at radius 2 is 2.09 bits per heavy atom. The normalized spacial score (nSPS) is 13.9. The second-order valence-corrected chi connectivity index (χ2v) is 5.11. The number of likely N-dealkylation sites (N-methyl/N-ethyl adjacent to an activating group) is 1. The number of alkyl halides is 1. The molecular weight excluding hydrogens is 253 g/mol. The molecule has 0 saturated heterocycles. The van der Waals surface area contributed by atoms with Crippen LogP contribution in [0.1, 0.15) is 20.3 Å². The van der Waals surface area contributed by atoms with Gasteiger partial charge in [-0.1, -0.05) is 0 Å². The third kappa shape index (κ3) is 4.74. The van der Waals surface area contributed by atoms with Crippen LogP contribution in [0.25, 0.3) is 0 Å². The van der Waals surface area contributed by atoms with Crippen molar-refractivity contribution in [2.75, 3.05) is 12.0 Å². The SMILES string of the molecule is CN[C@@H](CC(C)C)C(=O)[I-]C. The number of carbonyl (C=O) groups excluding carboxylic acids is 1. The molecule has 0 aliphatic heterocycles. The molecule has 0 spiro atoms. The van der Waals surface area contributed by atoms with Crippen LogP contribution in [0.3, 0.4) is 0 Å². The van der Waals surface area contributed by atoms with E-state index in [2.05, 4.69) is 19.2 Å². The summed E-state index contributed by atoms with van der Waals surface area (Å²) in [4.78, 5) is 13.3. The molecule has 0 fully saturated rings. The molecule has 0 aromatic rings. The molecule has 0 aromatic heterocycles. The molecule has 11 heavy (non-hydrogen) atoms. The van der Waals surface area contributed by atoms with Crippen molar-refractivity contribution >= 4 is 3.79 Å². The van der Waals surface area contributed by atoms with E-state index in [4.69, 9.17) is 0 Å². The molecule has 68 valence electrons. The fraction of sp³-hybridized carbons (Fsp3) is 0.875. The van der Waals surface area contributed by atoms with Crippen molar-refractivity contribution in [3.05, 3.63) is 0 Å². The Bertz CT molecular complexity index is 125. The van der Waals surface area contributed by atoms with Gasteiger partial charge < -0.3 is 0 Å². The number of hydrogen-bond acceptors (Lipinski definition) is 2. The monoisotopic (exact) mass is 270 g/mol. The van der Waals surface area contributed by atoms with Gasteiger partial charge in [-0.3, -0.25) is 0 Å². The first kappa shape index (κ1) is 11.4. The third-order valence-electron chi connectivity index (χ3n) is 1.52. The average molecular weight is 270 g/mol. The zero-order valence-electron chi connectivity index (χ0n) is 7.65. The van der Waals surface area contributed by atoms with Crippen molar-refractivity contribution in [3.8, 4) is 0 Å². The molecule has 3 heteroatoms. The van der Waals surface area contributed by atoms with Gasteiger partial charge in [0, 0.05) is 0 Å². The molecule has 1 N–H and O–H groups in total. The van der Waals surface area contributed by atoms with Gasteiger partial charge in [-0.15, -0.1) is 0 Å². The zero-order valence-corrected chi connectivity index (χ0v) is 9.81. The molecule has 0 heterocycles. The molecule has 0 amide bonds. The van der Waals surface area contributed by atoms with Crippen LogP contribution in [0, 0.1) is 5.92 Å². The van der Waals surface area contributed by atoms with Crippen molar-refractivity contribution in [1.29, 1.82) is 0 Å². The second-order valence-electron chi connectivity index (χ2n) is 2.96. The van der Waals surface area contributed by atoms with E-state index in [9.17, 15) is 4.79 Å². The predicted molar refractivity (Wildman–Crippen MR) is 43.2 cm³/mol. The molecule has 0 bridgehead atoms. The van der Waals surface area contributed by atoms with E-state index >= 15 is 0 Å². The molecule has 0 aromatic carbocycles. The third-order valence-corrected chi connectivity index (χ3v) is 3.33. The van der Waals surface area contributed by atoms with E-state index in [0.29, 0.717) is 9.71 Å². The number of hydrogen-bond donors (Lipinski definition) is 1. The minimum atomic E-state index is -0.235. The van der Waals surface area contributed by atoms with Crippen LogP contribution >= 0.6 is 0 Å². The summed E-state index contributed by atoms with van der Waals surface area (Å²) in [5, 5.41) is 3.06. The van der Waals surface area contributed by atoms with Gasteiger partial charge in [0.15, 0.2) is 0 Å². The number of carbonyl (C=O) groups is 1. The summed E-state index contributed by atoms with van der Waals surface area (Å²) in [5.74, 6) is 0.604. The number of rotatable bonds is 5. The summed E-state index contributed by atoms with van der Waals surface area (Å²) in [6, 6.07) is 0.118. The quantitative estimate of drug-likeness (QED) is 0.351. The minimum absolute atomic E-state index is 0.118. The van der Waals surface area contributed by atoms with Crippen LogP contribution in [0.4, 0.5) is 0 Å². The second kappa shape index (κ2) is 5.94. The molecule has 0 rings (SSSR count). The van der Waals surface area contributed by atoms with Gasteiger partial charge in [-0.25, -0.2) is 0 Å². The van der Waals surface area contributed by atoms with Crippen LogP contribution in [-0.4, -0.2) is 21.8 Å². The predicted octanol–water partition coefficient (Wildman–Crippen LogP) is -2.13. The van der Waals surface area contributed by atoms with E-state index in [1.165, 1.54) is 0 Å². The zero-order chi connectivity index (χ0) is 8.85. The first-order valence-corrected chi connectivity index (χ1v) is 7.06. The Labute approximate surface area is 79.4 Å². The molecule has 0 saturated carbocycles. The Morgan fingerprint density at radius 1 is 1.55 bits per heavy atom. The topological polar surface area (TPSA) is 29.1 Å². The Kier molecular flexibility index (Phi) is 6.14. The van der Waals surface area contributed by atoms with Crippen LogP contribution in [-0.2, 0) is 4.79 Å². The number of nitrogens with one attached hydrogen (secondary N) is 1. The van der Waals surface area contributed by atoms with Crippen molar-refractivity contribution in [2.45, 2.75) is 26.3 Å². The summed E-state index contributed by atoms with van der Waals surface area (Å²) in [7, 11) is 1.87. The molecule has 0 radical (unpaired) electrons. The van der Waals surface area contributed by atoms with E-state index in [1.54, 1.807) is 0 Å². The van der Waals surface area contributed by atoms with Gasteiger partial charge in [-0.05, 0) is 0 Å². The van der Waals surface area contributed by atoms with Crippen molar-refractivity contribution < 1.29 is 26.0 Å². The average Bonchev–Trinajstić information content (AvgIpc) is 1.98. The maximum atomic E-state index is 11.3. The van der Waals surface area contributed by atoms with Gasteiger partial charge in [-0.2, -0.15) is 0 Å². The summed E-state index contributed by atoms with van der Waals surface area (Å²) in [6.07, 6.45) is 0.975. The Hall–Kier alpha value is 0.360. The van der Waals surface area contributed by atoms with Gasteiger partial charge >= 0.3 is 79.3 Å². The Balaban J connectivity index is 3.84. The molecular formula is C8H17INO-. The van der Waals surface area contributed by atoms with Crippen LogP contribution in [0.5, 0.6) is 0 Å². The molecule has 0 unspecified atom stereocenters. The van der Waals surface area contributed by atoms with E-state index in [0.717, 1.165) is 6.42 Å². The van der Waals surface area contributed by atoms with Crippen LogP contribution in [0.15, 0.2) is 0 Å². The van der Waals surface area contributed by atoms with Crippen molar-refractivity contribution in [3.63, 3.8) is 0 Å². The maximum absolute atomic E-state index is 11.3. The molecule has 0 aliphatic carbocycles. The number of halogens is 1. The van der Waals surface area contributed by atoms with Gasteiger partial charge in [0.1, 0.15) is 0 Å². The Morgan fingerprint density at radius 3 is 2.36 bits per heavy atom. The van der Waals surface area contributed by atoms with E-state index in [-0.39, 0.29) is 27.2 Å². The van der Waals surface area contributed by atoms with E-state index in [1.807, 2.05) is 12.0 Å². The fourth-order valence-corrected chi connectivity index (χ4v) is 2.24. The summed E-state index contributed by atoms with van der Waals surface area (Å²) >= 11 is -0.235. The van der Waals surface area contributed by atoms with Gasteiger partial charge in [0.2, 0.25) is 0 Å². The van der Waals surface area contributed by atoms with Crippen molar-refractivity contribution in [1.82, 2.24) is 5.32 Å².